The van der Waals surface area contributed by atoms with Gasteiger partial charge in [-0.15, -0.1) is 0 Å². The summed E-state index contributed by atoms with van der Waals surface area (Å²) in [5.74, 6) is -0.0967. The lowest BCUT2D eigenvalue weighted by atomic mass is 9.95. The Kier molecular flexibility index (Phi) is 8.20. The highest BCUT2D eigenvalue weighted by Crippen LogP contribution is 2.21. The molecule has 2 rings (SSSR count). The third-order valence-electron chi connectivity index (χ3n) is 5.05. The van der Waals surface area contributed by atoms with Crippen molar-refractivity contribution < 1.29 is 19.1 Å². The van der Waals surface area contributed by atoms with Crippen LogP contribution in [-0.4, -0.2) is 56.0 Å². The number of carbonyl (C=O) groups excluding carboxylic acids is 3. The van der Waals surface area contributed by atoms with Gasteiger partial charge in [0.25, 0.3) is 5.91 Å². The van der Waals surface area contributed by atoms with Crippen LogP contribution >= 0.6 is 0 Å². The van der Waals surface area contributed by atoms with Gasteiger partial charge in [-0.25, -0.2) is 0 Å². The van der Waals surface area contributed by atoms with Crippen LogP contribution in [0.5, 0.6) is 0 Å². The smallest absolute Gasteiger partial charge is 0.253 e. The van der Waals surface area contributed by atoms with Gasteiger partial charge in [-0.1, -0.05) is 20.8 Å². The van der Waals surface area contributed by atoms with E-state index in [-0.39, 0.29) is 23.6 Å². The molecule has 0 spiro atoms. The molecular weight excluding hydrogens is 370 g/mol. The first-order valence-electron chi connectivity index (χ1n) is 10.2. The molecule has 1 saturated heterocycles. The SMILES string of the molecule is COCCCNC(=O)C1CCN(C(=O)c2ccc(NC(=O)C(C)(C)C)cc2)CC1. The molecular formula is C22H33N3O4. The van der Waals surface area contributed by atoms with Crippen molar-refractivity contribution in [3.8, 4) is 0 Å². The van der Waals surface area contributed by atoms with E-state index in [1.807, 2.05) is 20.8 Å². The number of hydrogen-bond acceptors (Lipinski definition) is 4. The summed E-state index contributed by atoms with van der Waals surface area (Å²) in [5, 5.41) is 5.79. The van der Waals surface area contributed by atoms with E-state index in [0.717, 1.165) is 6.42 Å². The lowest BCUT2D eigenvalue weighted by molar-refractivity contribution is -0.126. The Morgan fingerprint density at radius 2 is 1.72 bits per heavy atom. The highest BCUT2D eigenvalue weighted by molar-refractivity contribution is 5.97. The predicted octanol–water partition coefficient (Wildman–Crippen LogP) is 2.68. The van der Waals surface area contributed by atoms with Crippen LogP contribution in [0, 0.1) is 11.3 Å². The lowest BCUT2D eigenvalue weighted by Crippen LogP contribution is -2.43. The maximum absolute atomic E-state index is 12.7. The van der Waals surface area contributed by atoms with Crippen molar-refractivity contribution in [3.05, 3.63) is 29.8 Å². The molecule has 1 aromatic rings. The fourth-order valence-electron chi connectivity index (χ4n) is 3.11. The number of piperidine rings is 1. The number of anilines is 1. The standard InChI is InChI=1S/C22H33N3O4/c1-22(2,3)21(28)24-18-8-6-17(7-9-18)20(27)25-13-10-16(11-14-25)19(26)23-12-5-15-29-4/h6-9,16H,5,10-15H2,1-4H3,(H,23,26)(H,24,28). The number of hydrogen-bond donors (Lipinski definition) is 2. The minimum atomic E-state index is -0.477. The van der Waals surface area contributed by atoms with Gasteiger partial charge in [-0.3, -0.25) is 14.4 Å². The number of rotatable bonds is 7. The average Bonchev–Trinajstić information content (AvgIpc) is 2.70. The monoisotopic (exact) mass is 403 g/mol. The molecule has 1 fully saturated rings. The normalized spacial score (nSPS) is 15.1. The second kappa shape index (κ2) is 10.4. The fourth-order valence-corrected chi connectivity index (χ4v) is 3.11. The number of methoxy groups -OCH3 is 1. The quantitative estimate of drug-likeness (QED) is 0.685. The van der Waals surface area contributed by atoms with Gasteiger partial charge in [-0.05, 0) is 43.5 Å². The first kappa shape index (κ1) is 22.9. The Balaban J connectivity index is 1.83. The van der Waals surface area contributed by atoms with Crippen molar-refractivity contribution in [2.75, 3.05) is 38.7 Å². The summed E-state index contributed by atoms with van der Waals surface area (Å²) in [6, 6.07) is 6.96. The van der Waals surface area contributed by atoms with Crippen LogP contribution in [0.3, 0.4) is 0 Å². The zero-order valence-electron chi connectivity index (χ0n) is 17.9. The number of benzene rings is 1. The Bertz CT molecular complexity index is 702. The van der Waals surface area contributed by atoms with Crippen LogP contribution in [-0.2, 0) is 14.3 Å². The van der Waals surface area contributed by atoms with E-state index in [0.29, 0.717) is 50.3 Å². The predicted molar refractivity (Wildman–Crippen MR) is 113 cm³/mol. The summed E-state index contributed by atoms with van der Waals surface area (Å²) in [7, 11) is 1.64. The molecule has 1 aliphatic rings. The zero-order valence-corrected chi connectivity index (χ0v) is 17.9. The Morgan fingerprint density at radius 1 is 1.10 bits per heavy atom. The van der Waals surface area contributed by atoms with E-state index >= 15 is 0 Å². The molecule has 1 aliphatic heterocycles. The number of carbonyl (C=O) groups is 3. The van der Waals surface area contributed by atoms with Crippen molar-refractivity contribution in [3.63, 3.8) is 0 Å². The molecule has 0 radical (unpaired) electrons. The molecule has 0 aliphatic carbocycles. The number of nitrogens with zero attached hydrogens (tertiary/aromatic N) is 1. The van der Waals surface area contributed by atoms with E-state index in [1.54, 1.807) is 36.3 Å². The van der Waals surface area contributed by atoms with Gasteiger partial charge in [-0.2, -0.15) is 0 Å². The van der Waals surface area contributed by atoms with E-state index in [4.69, 9.17) is 4.74 Å². The van der Waals surface area contributed by atoms with E-state index < -0.39 is 5.41 Å². The minimum absolute atomic E-state index is 0.0438. The highest BCUT2D eigenvalue weighted by atomic mass is 16.5. The summed E-state index contributed by atoms with van der Waals surface area (Å²) in [5.41, 5.74) is 0.779. The molecule has 0 unspecified atom stereocenters. The van der Waals surface area contributed by atoms with Crippen molar-refractivity contribution in [1.29, 1.82) is 0 Å². The molecule has 1 heterocycles. The van der Waals surface area contributed by atoms with Crippen LogP contribution in [0.15, 0.2) is 24.3 Å². The van der Waals surface area contributed by atoms with Gasteiger partial charge in [0.1, 0.15) is 0 Å². The van der Waals surface area contributed by atoms with Gasteiger partial charge in [0.15, 0.2) is 0 Å². The molecule has 29 heavy (non-hydrogen) atoms. The minimum Gasteiger partial charge on any atom is -0.385 e. The zero-order chi connectivity index (χ0) is 21.4. The van der Waals surface area contributed by atoms with Crippen molar-refractivity contribution in [2.24, 2.45) is 11.3 Å². The maximum Gasteiger partial charge on any atom is 0.253 e. The molecule has 0 saturated carbocycles. The summed E-state index contributed by atoms with van der Waals surface area (Å²) in [6.45, 7) is 7.93. The number of likely N-dealkylation sites (tertiary alicyclic amines) is 1. The van der Waals surface area contributed by atoms with E-state index in [9.17, 15) is 14.4 Å². The summed E-state index contributed by atoms with van der Waals surface area (Å²) in [4.78, 5) is 38.8. The summed E-state index contributed by atoms with van der Waals surface area (Å²) in [6.07, 6.45) is 2.13. The van der Waals surface area contributed by atoms with E-state index in [2.05, 4.69) is 10.6 Å². The second-order valence-corrected chi connectivity index (χ2v) is 8.49. The summed E-state index contributed by atoms with van der Waals surface area (Å²) < 4.78 is 4.98. The molecule has 7 heteroatoms. The molecule has 3 amide bonds. The molecule has 160 valence electrons. The van der Waals surface area contributed by atoms with Crippen LogP contribution in [0.2, 0.25) is 0 Å². The summed E-state index contributed by atoms with van der Waals surface area (Å²) >= 11 is 0. The highest BCUT2D eigenvalue weighted by Gasteiger charge is 2.27. The van der Waals surface area contributed by atoms with Crippen LogP contribution in [0.1, 0.15) is 50.4 Å². The van der Waals surface area contributed by atoms with Crippen LogP contribution in [0.4, 0.5) is 5.69 Å². The molecule has 1 aromatic carbocycles. The second-order valence-electron chi connectivity index (χ2n) is 8.49. The Morgan fingerprint density at radius 3 is 2.28 bits per heavy atom. The number of ether oxygens (including phenoxy) is 1. The maximum atomic E-state index is 12.7. The fraction of sp³-hybridized carbons (Fsp3) is 0.591. The average molecular weight is 404 g/mol. The topological polar surface area (TPSA) is 87.7 Å². The first-order chi connectivity index (χ1) is 13.7. The number of amides is 3. The van der Waals surface area contributed by atoms with Gasteiger partial charge in [0.05, 0.1) is 0 Å². The third kappa shape index (κ3) is 6.85. The van der Waals surface area contributed by atoms with Crippen molar-refractivity contribution >= 4 is 23.4 Å². The Hall–Kier alpha value is -2.41. The van der Waals surface area contributed by atoms with Gasteiger partial charge < -0.3 is 20.3 Å². The van der Waals surface area contributed by atoms with Gasteiger partial charge in [0.2, 0.25) is 11.8 Å². The van der Waals surface area contributed by atoms with Crippen molar-refractivity contribution in [2.45, 2.75) is 40.0 Å². The largest absolute Gasteiger partial charge is 0.385 e. The molecule has 0 bridgehead atoms. The van der Waals surface area contributed by atoms with Crippen LogP contribution in [0.25, 0.3) is 0 Å². The van der Waals surface area contributed by atoms with Gasteiger partial charge in [0, 0.05) is 55.9 Å². The van der Waals surface area contributed by atoms with Crippen molar-refractivity contribution in [1.82, 2.24) is 10.2 Å². The molecule has 0 aromatic heterocycles. The first-order valence-corrected chi connectivity index (χ1v) is 10.2. The molecule has 7 nitrogen and oxygen atoms in total. The molecule has 2 N–H and O–H groups in total. The third-order valence-corrected chi connectivity index (χ3v) is 5.05. The Labute approximate surface area is 173 Å². The lowest BCUT2D eigenvalue weighted by Gasteiger charge is -2.31. The molecule has 0 atom stereocenters. The number of nitrogens with one attached hydrogen (secondary N) is 2. The van der Waals surface area contributed by atoms with E-state index in [1.165, 1.54) is 0 Å². The van der Waals surface area contributed by atoms with Gasteiger partial charge >= 0.3 is 0 Å². The van der Waals surface area contributed by atoms with Crippen LogP contribution < -0.4 is 10.6 Å².